The van der Waals surface area contributed by atoms with Crippen LogP contribution in [0.15, 0.2) is 0 Å². The number of hydrogen-bond donors (Lipinski definition) is 2. The van der Waals surface area contributed by atoms with E-state index in [1.165, 1.54) is 12.8 Å². The van der Waals surface area contributed by atoms with Crippen LogP contribution in [0.4, 0.5) is 0 Å². The van der Waals surface area contributed by atoms with Gasteiger partial charge in [0.1, 0.15) is 0 Å². The summed E-state index contributed by atoms with van der Waals surface area (Å²) in [6.07, 6.45) is 2.35. The van der Waals surface area contributed by atoms with Crippen LogP contribution < -0.4 is 10.0 Å². The van der Waals surface area contributed by atoms with E-state index < -0.39 is 10.0 Å². The van der Waals surface area contributed by atoms with Crippen molar-refractivity contribution in [3.8, 4) is 0 Å². The van der Waals surface area contributed by atoms with E-state index >= 15 is 0 Å². The highest BCUT2D eigenvalue weighted by Gasteiger charge is 2.21. The van der Waals surface area contributed by atoms with E-state index in [-0.39, 0.29) is 11.8 Å². The first-order chi connectivity index (χ1) is 7.03. The highest BCUT2D eigenvalue weighted by atomic mass is 32.2. The van der Waals surface area contributed by atoms with Gasteiger partial charge < -0.3 is 10.1 Å². The summed E-state index contributed by atoms with van der Waals surface area (Å²) in [5, 5.41) is 3.17. The van der Waals surface area contributed by atoms with Crippen LogP contribution in [0.25, 0.3) is 0 Å². The minimum Gasteiger partial charge on any atom is -0.383 e. The topological polar surface area (TPSA) is 67.4 Å². The number of sulfonamides is 1. The van der Waals surface area contributed by atoms with Crippen LogP contribution in [0.5, 0.6) is 0 Å². The molecule has 0 amide bonds. The van der Waals surface area contributed by atoms with Crippen molar-refractivity contribution in [2.75, 3.05) is 26.0 Å². The fourth-order valence-electron chi connectivity index (χ4n) is 1.33. The van der Waals surface area contributed by atoms with Gasteiger partial charge in [-0.2, -0.15) is 0 Å². The lowest BCUT2D eigenvalue weighted by Crippen LogP contribution is -2.39. The average molecular weight is 236 g/mol. The largest absolute Gasteiger partial charge is 0.383 e. The molecule has 1 unspecified atom stereocenters. The van der Waals surface area contributed by atoms with Gasteiger partial charge in [-0.1, -0.05) is 0 Å². The summed E-state index contributed by atoms with van der Waals surface area (Å²) in [7, 11) is -1.61. The van der Waals surface area contributed by atoms with Crippen molar-refractivity contribution >= 4 is 10.0 Å². The smallest absolute Gasteiger partial charge is 0.213 e. The van der Waals surface area contributed by atoms with Crippen molar-refractivity contribution in [2.24, 2.45) is 0 Å². The molecule has 6 heteroatoms. The minimum atomic E-state index is -3.16. The molecule has 2 N–H and O–H groups in total. The second kappa shape index (κ2) is 5.79. The quantitative estimate of drug-likeness (QED) is 0.607. The van der Waals surface area contributed by atoms with Crippen LogP contribution in [0.3, 0.4) is 0 Å². The Labute approximate surface area is 91.6 Å². The Hall–Kier alpha value is -0.170. The van der Waals surface area contributed by atoms with Crippen molar-refractivity contribution in [1.29, 1.82) is 0 Å². The summed E-state index contributed by atoms with van der Waals surface area (Å²) in [5.41, 5.74) is 0. The molecule has 0 radical (unpaired) electrons. The molecule has 0 heterocycles. The molecule has 0 aromatic rings. The van der Waals surface area contributed by atoms with Gasteiger partial charge >= 0.3 is 0 Å². The predicted molar refractivity (Wildman–Crippen MR) is 59.3 cm³/mol. The molecule has 1 saturated carbocycles. The summed E-state index contributed by atoms with van der Waals surface area (Å²) >= 11 is 0. The third kappa shape index (κ3) is 6.09. The van der Waals surface area contributed by atoms with E-state index in [4.69, 9.17) is 4.74 Å². The molecule has 0 aliphatic heterocycles. The van der Waals surface area contributed by atoms with E-state index in [9.17, 15) is 8.42 Å². The van der Waals surface area contributed by atoms with Gasteiger partial charge in [-0.25, -0.2) is 13.1 Å². The zero-order valence-electron chi connectivity index (χ0n) is 9.32. The van der Waals surface area contributed by atoms with Crippen LogP contribution in [-0.4, -0.2) is 46.5 Å². The van der Waals surface area contributed by atoms with Crippen LogP contribution >= 0.6 is 0 Å². The van der Waals surface area contributed by atoms with Crippen LogP contribution in [-0.2, 0) is 14.8 Å². The Balaban J connectivity index is 2.17. The Morgan fingerprint density at radius 2 is 2.13 bits per heavy atom. The third-order valence-corrected chi connectivity index (χ3v) is 3.68. The highest BCUT2D eigenvalue weighted by molar-refractivity contribution is 7.89. The van der Waals surface area contributed by atoms with Gasteiger partial charge in [0.25, 0.3) is 0 Å². The van der Waals surface area contributed by atoms with E-state index in [1.54, 1.807) is 14.0 Å². The first-order valence-corrected chi connectivity index (χ1v) is 6.91. The monoisotopic (exact) mass is 236 g/mol. The second-order valence-electron chi connectivity index (χ2n) is 4.02. The zero-order chi connectivity index (χ0) is 11.3. The van der Waals surface area contributed by atoms with E-state index in [1.807, 2.05) is 0 Å². The molecule has 5 nitrogen and oxygen atoms in total. The number of hydrogen-bond acceptors (Lipinski definition) is 4. The molecule has 0 bridgehead atoms. The zero-order valence-corrected chi connectivity index (χ0v) is 10.1. The molecule has 0 saturated heterocycles. The lowest BCUT2D eigenvalue weighted by atomic mass is 10.4. The van der Waals surface area contributed by atoms with Crippen molar-refractivity contribution < 1.29 is 13.2 Å². The molecular weight excluding hydrogens is 216 g/mol. The molecule has 1 aliphatic carbocycles. The number of ether oxygens (including phenoxy) is 1. The normalized spacial score (nSPS) is 19.1. The van der Waals surface area contributed by atoms with Gasteiger partial charge in [0.05, 0.1) is 12.4 Å². The Bertz CT molecular complexity index is 275. The second-order valence-corrected chi connectivity index (χ2v) is 5.89. The molecule has 1 rings (SSSR count). The lowest BCUT2D eigenvalue weighted by molar-refractivity contribution is 0.180. The Kier molecular flexibility index (Phi) is 4.98. The molecule has 1 atom stereocenters. The SMILES string of the molecule is COCC(C)NS(=O)(=O)CCNC1CC1. The summed E-state index contributed by atoms with van der Waals surface area (Å²) in [6, 6.07) is 0.387. The van der Waals surface area contributed by atoms with Gasteiger partial charge in [0.2, 0.25) is 10.0 Å². The summed E-state index contributed by atoms with van der Waals surface area (Å²) in [6.45, 7) is 2.71. The number of nitrogens with one attached hydrogen (secondary N) is 2. The maximum Gasteiger partial charge on any atom is 0.213 e. The van der Waals surface area contributed by atoms with Crippen molar-refractivity contribution in [3.05, 3.63) is 0 Å². The number of rotatable bonds is 8. The Morgan fingerprint density at radius 3 is 2.67 bits per heavy atom. The van der Waals surface area contributed by atoms with Gasteiger partial charge in [0.15, 0.2) is 0 Å². The average Bonchev–Trinajstić information content (AvgIpc) is 2.86. The molecule has 0 spiro atoms. The Morgan fingerprint density at radius 1 is 1.47 bits per heavy atom. The molecule has 90 valence electrons. The predicted octanol–water partition coefficient (Wildman–Crippen LogP) is -0.307. The van der Waals surface area contributed by atoms with Crippen molar-refractivity contribution in [2.45, 2.75) is 31.8 Å². The van der Waals surface area contributed by atoms with Crippen molar-refractivity contribution in [1.82, 2.24) is 10.0 Å². The van der Waals surface area contributed by atoms with Gasteiger partial charge in [-0.05, 0) is 19.8 Å². The van der Waals surface area contributed by atoms with Gasteiger partial charge in [-0.15, -0.1) is 0 Å². The maximum absolute atomic E-state index is 11.5. The number of methoxy groups -OCH3 is 1. The van der Waals surface area contributed by atoms with Gasteiger partial charge in [0, 0.05) is 25.7 Å². The van der Waals surface area contributed by atoms with Crippen molar-refractivity contribution in [3.63, 3.8) is 0 Å². The van der Waals surface area contributed by atoms with Gasteiger partial charge in [-0.3, -0.25) is 0 Å². The third-order valence-electron chi connectivity index (χ3n) is 2.18. The fourth-order valence-corrected chi connectivity index (χ4v) is 2.52. The first kappa shape index (κ1) is 12.9. The van der Waals surface area contributed by atoms with E-state index in [2.05, 4.69) is 10.0 Å². The minimum absolute atomic E-state index is 0.136. The maximum atomic E-state index is 11.5. The van der Waals surface area contributed by atoms with Crippen LogP contribution in [0.1, 0.15) is 19.8 Å². The first-order valence-electron chi connectivity index (χ1n) is 5.26. The molecule has 15 heavy (non-hydrogen) atoms. The molecule has 1 fully saturated rings. The summed E-state index contributed by atoms with van der Waals surface area (Å²) in [4.78, 5) is 0. The summed E-state index contributed by atoms with van der Waals surface area (Å²) in [5.74, 6) is 0.136. The van der Waals surface area contributed by atoms with E-state index in [0.29, 0.717) is 19.2 Å². The van der Waals surface area contributed by atoms with Crippen LogP contribution in [0, 0.1) is 0 Å². The van der Waals surface area contributed by atoms with Crippen LogP contribution in [0.2, 0.25) is 0 Å². The van der Waals surface area contributed by atoms with E-state index in [0.717, 1.165) is 0 Å². The summed E-state index contributed by atoms with van der Waals surface area (Å²) < 4.78 is 30.4. The fraction of sp³-hybridized carbons (Fsp3) is 1.00. The molecule has 1 aliphatic rings. The lowest BCUT2D eigenvalue weighted by Gasteiger charge is -2.13. The molecule has 0 aromatic heterocycles. The molecular formula is C9H20N2O3S. The standard InChI is InChI=1S/C9H20N2O3S/c1-8(7-14-2)11-15(12,13)6-5-10-9-3-4-9/h8-11H,3-7H2,1-2H3. The highest BCUT2D eigenvalue weighted by Crippen LogP contribution is 2.17. The molecule has 0 aromatic carbocycles.